The third-order valence-electron chi connectivity index (χ3n) is 5.39. The lowest BCUT2D eigenvalue weighted by Gasteiger charge is -2.31. The lowest BCUT2D eigenvalue weighted by Crippen LogP contribution is -2.56. The fourth-order valence-electron chi connectivity index (χ4n) is 3.59. The van der Waals surface area contributed by atoms with E-state index in [1.165, 1.54) is 24.4 Å². The Kier molecular flexibility index (Phi) is 7.60. The van der Waals surface area contributed by atoms with Gasteiger partial charge in [-0.15, -0.1) is 0 Å². The van der Waals surface area contributed by atoms with Crippen LogP contribution in [-0.2, 0) is 4.74 Å². The summed E-state index contributed by atoms with van der Waals surface area (Å²) in [5.74, 6) is -0.491. The number of nitrogens with zero attached hydrogens (tertiary/aromatic N) is 1. The summed E-state index contributed by atoms with van der Waals surface area (Å²) in [6.07, 6.45) is 1.02. The van der Waals surface area contributed by atoms with E-state index in [4.69, 9.17) is 10.1 Å². The standard InChI is InChI=1S/C23H28F2N4O4/c1-13(2)28-18-10-16(21(31)29-23(14(3)30)7-8-32-12-23)11-27-20(18)19(26)15-5-4-6-17(9-15)33-22(24)25/h4-6,9-11,13-14,22,26,28,30H,7-8,12H2,1-3H3,(H,29,31)/t14-,23+/m1/s1. The summed E-state index contributed by atoms with van der Waals surface area (Å²) in [5.41, 5.74) is 0.381. The van der Waals surface area contributed by atoms with E-state index in [1.54, 1.807) is 19.1 Å². The van der Waals surface area contributed by atoms with Crippen molar-refractivity contribution in [1.82, 2.24) is 10.3 Å². The molecule has 1 amide bonds. The Morgan fingerprint density at radius 1 is 1.27 bits per heavy atom. The van der Waals surface area contributed by atoms with Gasteiger partial charge in [0.25, 0.3) is 5.91 Å². The first kappa shape index (κ1) is 24.5. The van der Waals surface area contributed by atoms with Crippen LogP contribution >= 0.6 is 0 Å². The number of hydrogen-bond donors (Lipinski definition) is 4. The number of aliphatic hydroxyl groups is 1. The lowest BCUT2D eigenvalue weighted by molar-refractivity contribution is -0.0498. The van der Waals surface area contributed by atoms with Gasteiger partial charge in [-0.1, -0.05) is 12.1 Å². The smallest absolute Gasteiger partial charge is 0.387 e. The van der Waals surface area contributed by atoms with Crippen molar-refractivity contribution < 1.29 is 28.2 Å². The molecule has 2 aromatic rings. The van der Waals surface area contributed by atoms with Gasteiger partial charge in [0.2, 0.25) is 0 Å². The molecule has 8 nitrogen and oxygen atoms in total. The van der Waals surface area contributed by atoms with Crippen LogP contribution in [0, 0.1) is 5.41 Å². The Morgan fingerprint density at radius 3 is 2.64 bits per heavy atom. The monoisotopic (exact) mass is 462 g/mol. The summed E-state index contributed by atoms with van der Waals surface area (Å²) in [7, 11) is 0. The zero-order chi connectivity index (χ0) is 24.2. The number of halogens is 2. The third kappa shape index (κ3) is 5.82. The maximum atomic E-state index is 13.0. The van der Waals surface area contributed by atoms with Crippen molar-refractivity contribution >= 4 is 17.3 Å². The first-order chi connectivity index (χ1) is 15.6. The van der Waals surface area contributed by atoms with Gasteiger partial charge in [-0.3, -0.25) is 15.2 Å². The number of pyridine rings is 1. The van der Waals surface area contributed by atoms with Crippen LogP contribution in [0.4, 0.5) is 14.5 Å². The van der Waals surface area contributed by atoms with Crippen molar-refractivity contribution in [2.24, 2.45) is 0 Å². The Balaban J connectivity index is 1.91. The summed E-state index contributed by atoms with van der Waals surface area (Å²) in [6, 6.07) is 7.37. The van der Waals surface area contributed by atoms with Gasteiger partial charge >= 0.3 is 6.61 Å². The molecule has 0 bridgehead atoms. The number of carbonyl (C=O) groups is 1. The van der Waals surface area contributed by atoms with Gasteiger partial charge in [0.15, 0.2) is 0 Å². The summed E-state index contributed by atoms with van der Waals surface area (Å²) < 4.78 is 34.9. The van der Waals surface area contributed by atoms with Crippen molar-refractivity contribution in [3.05, 3.63) is 53.3 Å². The van der Waals surface area contributed by atoms with E-state index in [1.807, 2.05) is 13.8 Å². The molecule has 0 saturated carbocycles. The molecule has 0 radical (unpaired) electrons. The van der Waals surface area contributed by atoms with E-state index in [-0.39, 0.29) is 35.4 Å². The zero-order valence-electron chi connectivity index (χ0n) is 18.7. The van der Waals surface area contributed by atoms with Crippen molar-refractivity contribution in [1.29, 1.82) is 5.41 Å². The van der Waals surface area contributed by atoms with Crippen LogP contribution in [-0.4, -0.2) is 59.2 Å². The molecule has 1 saturated heterocycles. The molecule has 33 heavy (non-hydrogen) atoms. The Bertz CT molecular complexity index is 1010. The Hall–Kier alpha value is -3.11. The van der Waals surface area contributed by atoms with Crippen LogP contribution in [0.3, 0.4) is 0 Å². The van der Waals surface area contributed by atoms with Gasteiger partial charge in [-0.05, 0) is 45.4 Å². The molecule has 2 heterocycles. The second-order valence-corrected chi connectivity index (χ2v) is 8.29. The van der Waals surface area contributed by atoms with Gasteiger partial charge in [-0.2, -0.15) is 8.78 Å². The van der Waals surface area contributed by atoms with E-state index < -0.39 is 24.2 Å². The van der Waals surface area contributed by atoms with Crippen molar-refractivity contribution in [3.8, 4) is 5.75 Å². The van der Waals surface area contributed by atoms with Gasteiger partial charge in [-0.25, -0.2) is 0 Å². The average Bonchev–Trinajstić information content (AvgIpc) is 3.22. The molecule has 4 N–H and O–H groups in total. The highest BCUT2D eigenvalue weighted by molar-refractivity contribution is 6.13. The highest BCUT2D eigenvalue weighted by atomic mass is 19.3. The largest absolute Gasteiger partial charge is 0.435 e. The second-order valence-electron chi connectivity index (χ2n) is 8.29. The fraction of sp³-hybridized carbons (Fsp3) is 0.435. The van der Waals surface area contributed by atoms with Gasteiger partial charge < -0.3 is 25.2 Å². The molecule has 0 spiro atoms. The molecule has 178 valence electrons. The highest BCUT2D eigenvalue weighted by Gasteiger charge is 2.41. The van der Waals surface area contributed by atoms with Gasteiger partial charge in [0, 0.05) is 24.4 Å². The molecular formula is C23H28F2N4O4. The number of anilines is 1. The summed E-state index contributed by atoms with van der Waals surface area (Å²) in [4.78, 5) is 17.3. The fourth-order valence-corrected chi connectivity index (χ4v) is 3.59. The number of aliphatic hydroxyl groups excluding tert-OH is 1. The number of carbonyl (C=O) groups excluding carboxylic acids is 1. The maximum Gasteiger partial charge on any atom is 0.387 e. The number of benzene rings is 1. The molecule has 1 aromatic carbocycles. The quantitative estimate of drug-likeness (QED) is 0.426. The molecule has 1 fully saturated rings. The van der Waals surface area contributed by atoms with Crippen molar-refractivity contribution in [2.75, 3.05) is 18.5 Å². The zero-order valence-corrected chi connectivity index (χ0v) is 18.7. The molecule has 1 aliphatic heterocycles. The van der Waals surface area contributed by atoms with Gasteiger partial charge in [0.1, 0.15) is 11.4 Å². The van der Waals surface area contributed by atoms with E-state index in [9.17, 15) is 18.7 Å². The van der Waals surface area contributed by atoms with Crippen LogP contribution in [0.25, 0.3) is 0 Å². The van der Waals surface area contributed by atoms with E-state index in [0.29, 0.717) is 24.3 Å². The van der Waals surface area contributed by atoms with Crippen LogP contribution in [0.1, 0.15) is 48.8 Å². The Labute approximate surface area is 190 Å². The van der Waals surface area contributed by atoms with E-state index in [0.717, 1.165) is 0 Å². The average molecular weight is 462 g/mol. The Morgan fingerprint density at radius 2 is 2.03 bits per heavy atom. The van der Waals surface area contributed by atoms with Crippen LogP contribution in [0.5, 0.6) is 5.75 Å². The number of rotatable bonds is 9. The molecule has 0 aliphatic carbocycles. The van der Waals surface area contributed by atoms with Crippen LogP contribution in [0.15, 0.2) is 36.5 Å². The van der Waals surface area contributed by atoms with E-state index in [2.05, 4.69) is 20.4 Å². The third-order valence-corrected chi connectivity index (χ3v) is 5.39. The second kappa shape index (κ2) is 10.2. The van der Waals surface area contributed by atoms with Crippen LogP contribution in [0.2, 0.25) is 0 Å². The molecular weight excluding hydrogens is 434 g/mol. The summed E-state index contributed by atoms with van der Waals surface area (Å²) >= 11 is 0. The lowest BCUT2D eigenvalue weighted by atomic mass is 9.92. The van der Waals surface area contributed by atoms with Crippen molar-refractivity contribution in [3.63, 3.8) is 0 Å². The highest BCUT2D eigenvalue weighted by Crippen LogP contribution is 2.26. The summed E-state index contributed by atoms with van der Waals surface area (Å²) in [5, 5.41) is 24.8. The predicted octanol–water partition coefficient (Wildman–Crippen LogP) is 3.19. The molecule has 1 aliphatic rings. The maximum absolute atomic E-state index is 13.0. The number of ether oxygens (including phenoxy) is 2. The normalized spacial score (nSPS) is 18.9. The molecule has 0 unspecified atom stereocenters. The number of alkyl halides is 2. The minimum absolute atomic E-state index is 0.0190. The number of amides is 1. The molecule has 2 atom stereocenters. The number of aromatic nitrogens is 1. The first-order valence-electron chi connectivity index (χ1n) is 10.6. The number of hydrogen-bond acceptors (Lipinski definition) is 7. The molecule has 10 heteroatoms. The molecule has 3 rings (SSSR count). The predicted molar refractivity (Wildman–Crippen MR) is 119 cm³/mol. The molecule has 1 aromatic heterocycles. The van der Waals surface area contributed by atoms with Gasteiger partial charge in [0.05, 0.1) is 35.2 Å². The van der Waals surface area contributed by atoms with E-state index >= 15 is 0 Å². The van der Waals surface area contributed by atoms with Crippen molar-refractivity contribution in [2.45, 2.75) is 51.5 Å². The number of nitrogens with one attached hydrogen (secondary N) is 3. The topological polar surface area (TPSA) is 117 Å². The SMILES string of the molecule is CC(C)Nc1cc(C(=O)N[C@@]2([C@@H](C)O)CCOC2)cnc1C(=N)c1cccc(OC(F)F)c1. The summed E-state index contributed by atoms with van der Waals surface area (Å²) in [6.45, 7) is 3.08. The first-order valence-corrected chi connectivity index (χ1v) is 10.6. The minimum Gasteiger partial charge on any atom is -0.435 e. The minimum atomic E-state index is -2.97. The van der Waals surface area contributed by atoms with Crippen LogP contribution < -0.4 is 15.4 Å².